The minimum Gasteiger partial charge on any atom is -0.457 e. The van der Waals surface area contributed by atoms with Crippen LogP contribution in [0.2, 0.25) is 0 Å². The lowest BCUT2D eigenvalue weighted by Crippen LogP contribution is -2.28. The molecule has 2 atom stereocenters. The standard InChI is InChI=1S/C19H16N2O2S2/c1-12-16(18(22)23-11-13-6-3-2-4-7-13)17(15-8-5-9-21-15)14(10-20)19(24)25-12/h2-9,15,17,24H,11H2,1H3. The van der Waals surface area contributed by atoms with Crippen molar-refractivity contribution in [2.45, 2.75) is 19.6 Å². The van der Waals surface area contributed by atoms with Gasteiger partial charge in [0.05, 0.1) is 33.4 Å². The van der Waals surface area contributed by atoms with Crippen LogP contribution in [-0.4, -0.2) is 18.2 Å². The number of thiol groups is 1. The van der Waals surface area contributed by atoms with Crippen LogP contribution < -0.4 is 0 Å². The molecule has 3 rings (SSSR count). The molecule has 0 spiro atoms. The van der Waals surface area contributed by atoms with E-state index in [4.69, 9.17) is 4.74 Å². The van der Waals surface area contributed by atoms with Crippen molar-refractivity contribution in [1.82, 2.24) is 0 Å². The molecular formula is C19H16N2O2S2. The molecule has 126 valence electrons. The Bertz CT molecular complexity index is 836. The number of esters is 1. The van der Waals surface area contributed by atoms with E-state index in [9.17, 15) is 10.1 Å². The van der Waals surface area contributed by atoms with Crippen LogP contribution in [0.1, 0.15) is 12.5 Å². The summed E-state index contributed by atoms with van der Waals surface area (Å²) in [5.41, 5.74) is 1.86. The van der Waals surface area contributed by atoms with Gasteiger partial charge in [0, 0.05) is 6.21 Å². The molecule has 0 saturated heterocycles. The average Bonchev–Trinajstić information content (AvgIpc) is 3.14. The van der Waals surface area contributed by atoms with Crippen molar-refractivity contribution in [3.63, 3.8) is 0 Å². The molecule has 0 radical (unpaired) electrons. The van der Waals surface area contributed by atoms with Crippen molar-refractivity contribution in [2.75, 3.05) is 0 Å². The SMILES string of the molecule is CC1=C(C(=O)OCc2ccccc2)C(C2C=CC=N2)C(C#N)=C(S)S1. The van der Waals surface area contributed by atoms with E-state index in [0.717, 1.165) is 10.5 Å². The Hall–Kier alpha value is -2.23. The summed E-state index contributed by atoms with van der Waals surface area (Å²) in [5, 5.41) is 9.57. The van der Waals surface area contributed by atoms with E-state index >= 15 is 0 Å². The van der Waals surface area contributed by atoms with Gasteiger partial charge in [-0.25, -0.2) is 4.79 Å². The maximum atomic E-state index is 12.8. The van der Waals surface area contributed by atoms with Crippen molar-refractivity contribution >= 4 is 36.6 Å². The summed E-state index contributed by atoms with van der Waals surface area (Å²) in [4.78, 5) is 18.0. The molecule has 2 unspecified atom stereocenters. The van der Waals surface area contributed by atoms with E-state index < -0.39 is 11.9 Å². The Morgan fingerprint density at radius 2 is 2.16 bits per heavy atom. The van der Waals surface area contributed by atoms with Gasteiger partial charge in [0.1, 0.15) is 6.61 Å². The maximum absolute atomic E-state index is 12.8. The zero-order valence-electron chi connectivity index (χ0n) is 13.5. The number of thioether (sulfide) groups is 1. The van der Waals surface area contributed by atoms with Crippen molar-refractivity contribution in [3.05, 3.63) is 68.3 Å². The molecule has 0 bridgehead atoms. The lowest BCUT2D eigenvalue weighted by molar-refractivity contribution is -0.140. The minimum atomic E-state index is -0.461. The van der Waals surface area contributed by atoms with Crippen LogP contribution in [-0.2, 0) is 16.1 Å². The van der Waals surface area contributed by atoms with Gasteiger partial charge in [-0.05, 0) is 23.5 Å². The average molecular weight is 368 g/mol. The highest BCUT2D eigenvalue weighted by Gasteiger charge is 2.38. The van der Waals surface area contributed by atoms with Gasteiger partial charge in [-0.2, -0.15) is 5.26 Å². The summed E-state index contributed by atoms with van der Waals surface area (Å²) >= 11 is 5.74. The van der Waals surface area contributed by atoms with Crippen molar-refractivity contribution < 1.29 is 9.53 Å². The molecule has 0 fully saturated rings. The fourth-order valence-electron chi connectivity index (χ4n) is 2.84. The minimum absolute atomic E-state index is 0.191. The van der Waals surface area contributed by atoms with Gasteiger partial charge in [0.25, 0.3) is 0 Å². The van der Waals surface area contributed by atoms with Crippen LogP contribution >= 0.6 is 24.4 Å². The van der Waals surface area contributed by atoms with Gasteiger partial charge < -0.3 is 4.74 Å². The highest BCUT2D eigenvalue weighted by atomic mass is 32.2. The Morgan fingerprint density at radius 3 is 2.80 bits per heavy atom. The third-order valence-electron chi connectivity index (χ3n) is 4.03. The summed E-state index contributed by atoms with van der Waals surface area (Å²) in [5.74, 6) is -0.875. The van der Waals surface area contributed by atoms with Crippen LogP contribution in [0, 0.1) is 17.2 Å². The maximum Gasteiger partial charge on any atom is 0.335 e. The fourth-order valence-corrected chi connectivity index (χ4v) is 4.33. The van der Waals surface area contributed by atoms with Crippen LogP contribution in [0.5, 0.6) is 0 Å². The van der Waals surface area contributed by atoms with Gasteiger partial charge in [0.15, 0.2) is 0 Å². The molecule has 0 aromatic heterocycles. The number of hydrogen-bond donors (Lipinski definition) is 1. The number of allylic oxidation sites excluding steroid dienone is 2. The van der Waals surface area contributed by atoms with E-state index in [1.165, 1.54) is 11.8 Å². The smallest absolute Gasteiger partial charge is 0.335 e. The number of hydrogen-bond acceptors (Lipinski definition) is 6. The molecule has 0 amide bonds. The monoisotopic (exact) mass is 368 g/mol. The lowest BCUT2D eigenvalue weighted by atomic mass is 9.85. The molecule has 25 heavy (non-hydrogen) atoms. The Labute approximate surface area is 156 Å². The zero-order valence-corrected chi connectivity index (χ0v) is 15.3. The van der Waals surface area contributed by atoms with Gasteiger partial charge in [0.2, 0.25) is 0 Å². The molecule has 1 aromatic rings. The largest absolute Gasteiger partial charge is 0.457 e. The first kappa shape index (κ1) is 17.6. The highest BCUT2D eigenvalue weighted by molar-refractivity contribution is 8.18. The summed E-state index contributed by atoms with van der Waals surface area (Å²) in [7, 11) is 0. The Kier molecular flexibility index (Phi) is 5.47. The number of benzene rings is 1. The Balaban J connectivity index is 1.87. The first-order valence-corrected chi connectivity index (χ1v) is 9.01. The van der Waals surface area contributed by atoms with E-state index in [1.54, 1.807) is 6.21 Å². The quantitative estimate of drug-likeness (QED) is 0.643. The van der Waals surface area contributed by atoms with Crippen LogP contribution in [0.15, 0.2) is 67.8 Å². The van der Waals surface area contributed by atoms with Crippen molar-refractivity contribution in [2.24, 2.45) is 10.9 Å². The molecule has 0 aliphatic carbocycles. The molecule has 2 aliphatic heterocycles. The molecule has 2 aliphatic rings. The van der Waals surface area contributed by atoms with E-state index in [1.807, 2.05) is 49.4 Å². The first-order chi connectivity index (χ1) is 12.1. The summed E-state index contributed by atoms with van der Waals surface area (Å²) in [6.07, 6.45) is 5.39. The van der Waals surface area contributed by atoms with Gasteiger partial charge in [-0.15, -0.1) is 12.6 Å². The fraction of sp³-hybridized carbons (Fsp3) is 0.211. The second-order valence-corrected chi connectivity index (χ2v) is 7.59. The predicted molar refractivity (Wildman–Crippen MR) is 103 cm³/mol. The number of carbonyl (C=O) groups is 1. The third kappa shape index (κ3) is 3.73. The lowest BCUT2D eigenvalue weighted by Gasteiger charge is -2.28. The number of nitrogens with zero attached hydrogens (tertiary/aromatic N) is 2. The topological polar surface area (TPSA) is 62.4 Å². The van der Waals surface area contributed by atoms with Crippen molar-refractivity contribution in [1.29, 1.82) is 5.26 Å². The first-order valence-electron chi connectivity index (χ1n) is 7.74. The predicted octanol–water partition coefficient (Wildman–Crippen LogP) is 4.04. The second-order valence-electron chi connectivity index (χ2n) is 5.62. The highest BCUT2D eigenvalue weighted by Crippen LogP contribution is 2.46. The zero-order chi connectivity index (χ0) is 17.8. The van der Waals surface area contributed by atoms with Crippen LogP contribution in [0.25, 0.3) is 0 Å². The van der Waals surface area contributed by atoms with E-state index in [0.29, 0.717) is 15.4 Å². The molecule has 1 aromatic carbocycles. The molecular weight excluding hydrogens is 352 g/mol. The number of ether oxygens (including phenoxy) is 1. The number of aliphatic imine (C=N–C) groups is 1. The van der Waals surface area contributed by atoms with Gasteiger partial charge in [-0.1, -0.05) is 48.2 Å². The Morgan fingerprint density at radius 1 is 1.40 bits per heavy atom. The van der Waals surface area contributed by atoms with Crippen LogP contribution in [0.3, 0.4) is 0 Å². The van der Waals surface area contributed by atoms with Crippen LogP contribution in [0.4, 0.5) is 0 Å². The molecule has 6 heteroatoms. The van der Waals surface area contributed by atoms with Gasteiger partial charge in [-0.3, -0.25) is 4.99 Å². The third-order valence-corrected chi connectivity index (χ3v) is 5.48. The second kappa shape index (κ2) is 7.77. The molecule has 4 nitrogen and oxygen atoms in total. The van der Waals surface area contributed by atoms with E-state index in [2.05, 4.69) is 23.7 Å². The summed E-state index contributed by atoms with van der Waals surface area (Å²) < 4.78 is 6.12. The summed E-state index contributed by atoms with van der Waals surface area (Å²) in [6.45, 7) is 2.04. The number of nitriles is 1. The molecule has 0 saturated carbocycles. The molecule has 0 N–H and O–H groups in total. The number of rotatable bonds is 4. The summed E-state index contributed by atoms with van der Waals surface area (Å²) in [6, 6.07) is 11.4. The van der Waals surface area contributed by atoms with E-state index in [-0.39, 0.29) is 12.6 Å². The molecule has 2 heterocycles. The normalized spacial score (nSPS) is 22.3. The number of carbonyl (C=O) groups excluding carboxylic acids is 1. The van der Waals surface area contributed by atoms with Crippen molar-refractivity contribution in [3.8, 4) is 6.07 Å². The van der Waals surface area contributed by atoms with Gasteiger partial charge >= 0.3 is 5.97 Å².